The second-order valence-corrected chi connectivity index (χ2v) is 7.49. The van der Waals surface area contributed by atoms with Crippen LogP contribution >= 0.6 is 0 Å². The zero-order valence-electron chi connectivity index (χ0n) is 18.6. The van der Waals surface area contributed by atoms with Crippen LogP contribution in [0.1, 0.15) is 11.1 Å². The molecule has 3 aromatic rings. The summed E-state index contributed by atoms with van der Waals surface area (Å²) in [6, 6.07) is 6.71. The fourth-order valence-corrected chi connectivity index (χ4v) is 3.49. The van der Waals surface area contributed by atoms with Crippen LogP contribution in [0.15, 0.2) is 30.5 Å². The van der Waals surface area contributed by atoms with E-state index in [0.717, 1.165) is 11.8 Å². The molecule has 0 saturated heterocycles. The molecule has 10 nitrogen and oxygen atoms in total. The van der Waals surface area contributed by atoms with Crippen molar-refractivity contribution < 1.29 is 27.4 Å². The molecular weight excluding hydrogens is 453 g/mol. The van der Waals surface area contributed by atoms with Gasteiger partial charge in [0.25, 0.3) is 0 Å². The van der Waals surface area contributed by atoms with E-state index in [2.05, 4.69) is 25.3 Å². The lowest BCUT2D eigenvalue weighted by molar-refractivity contribution is 0.324. The Balaban J connectivity index is 1.95. The van der Waals surface area contributed by atoms with Crippen molar-refractivity contribution in [3.8, 4) is 17.2 Å². The highest BCUT2D eigenvalue weighted by molar-refractivity contribution is 7.80. The molecule has 0 aliphatic heterocycles. The van der Waals surface area contributed by atoms with E-state index in [0.29, 0.717) is 39.9 Å². The highest BCUT2D eigenvalue weighted by Gasteiger charge is 2.16. The monoisotopic (exact) mass is 476 g/mol. The molecule has 0 aliphatic carbocycles. The predicted octanol–water partition coefficient (Wildman–Crippen LogP) is 3.95. The van der Waals surface area contributed by atoms with Gasteiger partial charge in [0, 0.05) is 29.1 Å². The van der Waals surface area contributed by atoms with E-state index in [4.69, 9.17) is 14.2 Å². The smallest absolute Gasteiger partial charge is 0.229 e. The zero-order chi connectivity index (χ0) is 24.1. The molecule has 0 amide bonds. The van der Waals surface area contributed by atoms with Gasteiger partial charge in [-0.1, -0.05) is 6.07 Å². The van der Waals surface area contributed by atoms with Crippen molar-refractivity contribution >= 4 is 40.1 Å². The van der Waals surface area contributed by atoms with Crippen LogP contribution in [0.25, 0.3) is 0 Å². The molecule has 1 heterocycles. The number of ether oxygens (including phenoxy) is 3. The standard InChI is InChI=1S/C21H24FN5O5S/c1-11-6-7-15(18(12(11)2)27-33(28)29)25-20-14(22)10-23-21(26-20)24-13-8-16(30-3)19(32-5)17(9-13)31-4/h6-10,27H,1-5H3,(H,28,29)(H2,23,24,25,26)/p-1. The minimum absolute atomic E-state index is 0.0823. The van der Waals surface area contributed by atoms with Crippen LogP contribution in [0, 0.1) is 19.7 Å². The molecular formula is C21H23FN5O5S-. The van der Waals surface area contributed by atoms with Gasteiger partial charge < -0.3 is 34.1 Å². The Morgan fingerprint density at radius 3 is 2.27 bits per heavy atom. The molecule has 0 aliphatic rings. The maximum Gasteiger partial charge on any atom is 0.229 e. The number of aromatic nitrogens is 2. The average molecular weight is 477 g/mol. The Hall–Kier alpha value is -3.64. The van der Waals surface area contributed by atoms with Crippen molar-refractivity contribution in [3.05, 3.63) is 47.4 Å². The van der Waals surface area contributed by atoms with E-state index in [1.165, 1.54) is 21.3 Å². The largest absolute Gasteiger partial charge is 0.755 e. The Morgan fingerprint density at radius 1 is 1.03 bits per heavy atom. The second-order valence-electron chi connectivity index (χ2n) is 6.82. The first-order chi connectivity index (χ1) is 15.8. The summed E-state index contributed by atoms with van der Waals surface area (Å²) in [6.07, 6.45) is 0.996. The van der Waals surface area contributed by atoms with Crippen LogP contribution < -0.4 is 29.6 Å². The quantitative estimate of drug-likeness (QED) is 0.393. The van der Waals surface area contributed by atoms with Gasteiger partial charge in [-0.05, 0) is 31.0 Å². The Kier molecular flexibility index (Phi) is 7.51. The lowest BCUT2D eigenvalue weighted by Gasteiger charge is -2.19. The second kappa shape index (κ2) is 10.3. The fraction of sp³-hybridized carbons (Fsp3) is 0.238. The number of nitrogens with zero attached hydrogens (tertiary/aromatic N) is 2. The number of nitrogens with one attached hydrogen (secondary N) is 3. The molecule has 0 bridgehead atoms. The van der Waals surface area contributed by atoms with E-state index >= 15 is 0 Å². The lowest BCUT2D eigenvalue weighted by Crippen LogP contribution is -2.09. The number of hydrogen-bond acceptors (Lipinski definition) is 9. The van der Waals surface area contributed by atoms with Gasteiger partial charge in [0.1, 0.15) is 0 Å². The molecule has 1 atom stereocenters. The van der Waals surface area contributed by atoms with Gasteiger partial charge >= 0.3 is 0 Å². The summed E-state index contributed by atoms with van der Waals surface area (Å²) in [6.45, 7) is 3.59. The Labute approximate surface area is 192 Å². The maximum absolute atomic E-state index is 14.5. The number of rotatable bonds is 9. The topological polar surface area (TPSA) is 130 Å². The van der Waals surface area contributed by atoms with Gasteiger partial charge in [0.05, 0.1) is 38.9 Å². The SMILES string of the molecule is COc1cc(Nc2ncc(F)c(Nc3ccc(C)c(C)c3NS(=O)[O-])n2)cc(OC)c1OC. The van der Waals surface area contributed by atoms with Crippen molar-refractivity contribution in [1.82, 2.24) is 9.97 Å². The third kappa shape index (κ3) is 5.41. The number of benzene rings is 2. The maximum atomic E-state index is 14.5. The molecule has 0 radical (unpaired) electrons. The van der Waals surface area contributed by atoms with Gasteiger partial charge in [-0.2, -0.15) is 4.98 Å². The highest BCUT2D eigenvalue weighted by Crippen LogP contribution is 2.40. The number of hydrogen-bond donors (Lipinski definition) is 3. The number of anilines is 5. The third-order valence-corrected chi connectivity index (χ3v) is 5.21. The van der Waals surface area contributed by atoms with Crippen molar-refractivity contribution in [2.24, 2.45) is 0 Å². The van der Waals surface area contributed by atoms with Crippen molar-refractivity contribution in [3.63, 3.8) is 0 Å². The molecule has 176 valence electrons. The predicted molar refractivity (Wildman–Crippen MR) is 123 cm³/mol. The summed E-state index contributed by atoms with van der Waals surface area (Å²) in [5, 5.41) is 5.80. The van der Waals surface area contributed by atoms with E-state index in [9.17, 15) is 13.2 Å². The van der Waals surface area contributed by atoms with Crippen molar-refractivity contribution in [2.45, 2.75) is 13.8 Å². The van der Waals surface area contributed by atoms with Crippen LogP contribution in [0.4, 0.5) is 33.2 Å². The molecule has 12 heteroatoms. The minimum Gasteiger partial charge on any atom is -0.755 e. The summed E-state index contributed by atoms with van der Waals surface area (Å²) >= 11 is -2.56. The average Bonchev–Trinajstić information content (AvgIpc) is 2.79. The summed E-state index contributed by atoms with van der Waals surface area (Å²) < 4.78 is 55.3. The lowest BCUT2D eigenvalue weighted by atomic mass is 10.1. The Morgan fingerprint density at radius 2 is 1.70 bits per heavy atom. The van der Waals surface area contributed by atoms with Gasteiger partial charge in [-0.3, -0.25) is 4.21 Å². The van der Waals surface area contributed by atoms with E-state index in [1.807, 2.05) is 6.92 Å². The summed E-state index contributed by atoms with van der Waals surface area (Å²) in [4.78, 5) is 8.15. The third-order valence-electron chi connectivity index (χ3n) is 4.84. The molecule has 1 unspecified atom stereocenters. The van der Waals surface area contributed by atoms with Gasteiger partial charge in [0.2, 0.25) is 11.7 Å². The van der Waals surface area contributed by atoms with Crippen molar-refractivity contribution in [2.75, 3.05) is 36.7 Å². The number of methoxy groups -OCH3 is 3. The van der Waals surface area contributed by atoms with E-state index in [1.54, 1.807) is 31.2 Å². The Bertz CT molecular complexity index is 1170. The molecule has 33 heavy (non-hydrogen) atoms. The summed E-state index contributed by atoms with van der Waals surface area (Å²) in [7, 11) is 4.47. The molecule has 2 aromatic carbocycles. The minimum atomic E-state index is -2.56. The molecule has 3 N–H and O–H groups in total. The fourth-order valence-electron chi connectivity index (χ4n) is 3.06. The molecule has 3 rings (SSSR count). The molecule has 0 saturated carbocycles. The molecule has 0 fully saturated rings. The van der Waals surface area contributed by atoms with Gasteiger partial charge in [-0.15, -0.1) is 0 Å². The summed E-state index contributed by atoms with van der Waals surface area (Å²) in [5.41, 5.74) is 2.69. The van der Waals surface area contributed by atoms with E-state index < -0.39 is 17.1 Å². The van der Waals surface area contributed by atoms with Crippen LogP contribution in [-0.2, 0) is 11.3 Å². The normalized spacial score (nSPS) is 11.5. The first kappa shape index (κ1) is 24.0. The van der Waals surface area contributed by atoms with Gasteiger partial charge in [-0.25, -0.2) is 9.37 Å². The zero-order valence-corrected chi connectivity index (χ0v) is 19.4. The number of halogens is 1. The highest BCUT2D eigenvalue weighted by atomic mass is 32.2. The van der Waals surface area contributed by atoms with Gasteiger partial charge in [0.15, 0.2) is 23.1 Å². The van der Waals surface area contributed by atoms with Crippen molar-refractivity contribution in [1.29, 1.82) is 0 Å². The number of aryl methyl sites for hydroxylation is 1. The van der Waals surface area contributed by atoms with E-state index in [-0.39, 0.29) is 11.8 Å². The van der Waals surface area contributed by atoms with Crippen LogP contribution in [-0.4, -0.2) is 40.1 Å². The summed E-state index contributed by atoms with van der Waals surface area (Å²) in [5.74, 6) is 0.450. The van der Waals surface area contributed by atoms with Crippen LogP contribution in [0.2, 0.25) is 0 Å². The first-order valence-corrected chi connectivity index (χ1v) is 10.7. The van der Waals surface area contributed by atoms with Crippen LogP contribution in [0.5, 0.6) is 17.2 Å². The first-order valence-electron chi connectivity index (χ1n) is 9.60. The van der Waals surface area contributed by atoms with Crippen LogP contribution in [0.3, 0.4) is 0 Å². The molecule has 1 aromatic heterocycles. The molecule has 0 spiro atoms.